The number of hydrogen-bond donors (Lipinski definition) is 1. The molecular weight excluding hydrogens is 581 g/mol. The van der Waals surface area contributed by atoms with Crippen molar-refractivity contribution in [3.8, 4) is 0 Å². The predicted octanol–water partition coefficient (Wildman–Crippen LogP) is 5.85. The number of carbonyl (C=O) groups is 2. The van der Waals surface area contributed by atoms with E-state index in [1.54, 1.807) is 48.5 Å². The van der Waals surface area contributed by atoms with Crippen LogP contribution in [0.3, 0.4) is 0 Å². The molecule has 4 rings (SSSR count). The van der Waals surface area contributed by atoms with Crippen molar-refractivity contribution in [2.75, 3.05) is 17.1 Å². The highest BCUT2D eigenvalue weighted by Gasteiger charge is 2.34. The number of anilines is 1. The number of sulfonamides is 1. The van der Waals surface area contributed by atoms with Gasteiger partial charge in [0.15, 0.2) is 0 Å². The first kappa shape index (κ1) is 30.9. The van der Waals surface area contributed by atoms with Crippen LogP contribution in [0.5, 0.6) is 0 Å². The van der Waals surface area contributed by atoms with Crippen LogP contribution < -0.4 is 9.62 Å². The molecule has 0 radical (unpaired) electrons. The van der Waals surface area contributed by atoms with Crippen LogP contribution in [-0.4, -0.2) is 50.0 Å². The van der Waals surface area contributed by atoms with Crippen molar-refractivity contribution in [1.82, 2.24) is 10.2 Å². The zero-order valence-electron chi connectivity index (χ0n) is 23.0. The number of carbonyl (C=O) groups excluding carboxylic acids is 2. The van der Waals surface area contributed by atoms with Crippen molar-refractivity contribution in [2.45, 2.75) is 57.2 Å². The van der Waals surface area contributed by atoms with Gasteiger partial charge in [-0.1, -0.05) is 97.1 Å². The molecule has 1 atom stereocenters. The standard InChI is InChI=1S/C31H35Cl2N3O4S/c1-41(39,40)36(28-15-9-8-14-27(28)33)22-30(37)35(21-24-16-18-25(32)19-17-24)29(20-23-10-4-2-5-11-23)31(38)34-26-12-6-3-7-13-26/h2,4-5,8-11,14-19,26,29H,3,6-7,12-13,20-22H2,1H3,(H,34,38). The molecule has 218 valence electrons. The van der Waals surface area contributed by atoms with Gasteiger partial charge < -0.3 is 10.2 Å². The topological polar surface area (TPSA) is 86.8 Å². The fourth-order valence-electron chi connectivity index (χ4n) is 5.13. The van der Waals surface area contributed by atoms with E-state index in [-0.39, 0.29) is 35.6 Å². The fourth-order valence-corrected chi connectivity index (χ4v) is 6.41. The van der Waals surface area contributed by atoms with Gasteiger partial charge in [0.05, 0.1) is 17.0 Å². The van der Waals surface area contributed by atoms with E-state index in [9.17, 15) is 18.0 Å². The summed E-state index contributed by atoms with van der Waals surface area (Å²) in [7, 11) is -3.89. The Labute approximate surface area is 252 Å². The summed E-state index contributed by atoms with van der Waals surface area (Å²) in [5.74, 6) is -0.781. The van der Waals surface area contributed by atoms with E-state index in [1.807, 2.05) is 30.3 Å². The van der Waals surface area contributed by atoms with Crippen molar-refractivity contribution >= 4 is 50.7 Å². The van der Waals surface area contributed by atoms with Crippen LogP contribution in [0.25, 0.3) is 0 Å². The monoisotopic (exact) mass is 615 g/mol. The minimum absolute atomic E-state index is 0.0395. The number of benzene rings is 3. The summed E-state index contributed by atoms with van der Waals surface area (Å²) in [6.07, 6.45) is 6.32. The van der Waals surface area contributed by atoms with Crippen LogP contribution in [0.1, 0.15) is 43.2 Å². The Kier molecular flexibility index (Phi) is 10.7. The second-order valence-electron chi connectivity index (χ2n) is 10.4. The Bertz CT molecular complexity index is 1430. The molecule has 3 aromatic carbocycles. The first-order valence-corrected chi connectivity index (χ1v) is 16.3. The highest BCUT2D eigenvalue weighted by Crippen LogP contribution is 2.28. The summed E-state index contributed by atoms with van der Waals surface area (Å²) in [5, 5.41) is 3.93. The van der Waals surface area contributed by atoms with Crippen LogP contribution in [-0.2, 0) is 32.6 Å². The van der Waals surface area contributed by atoms with E-state index < -0.39 is 28.5 Å². The van der Waals surface area contributed by atoms with Crippen molar-refractivity contribution in [1.29, 1.82) is 0 Å². The number of amides is 2. The summed E-state index contributed by atoms with van der Waals surface area (Å²) in [6.45, 7) is -0.427. The van der Waals surface area contributed by atoms with Gasteiger partial charge in [0.25, 0.3) is 0 Å². The SMILES string of the molecule is CS(=O)(=O)N(CC(=O)N(Cc1ccc(Cl)cc1)C(Cc1ccccc1)C(=O)NC1CCCCC1)c1ccccc1Cl. The minimum Gasteiger partial charge on any atom is -0.352 e. The maximum absolute atomic E-state index is 14.2. The number of nitrogens with zero attached hydrogens (tertiary/aromatic N) is 2. The molecule has 0 spiro atoms. The molecule has 0 bridgehead atoms. The lowest BCUT2D eigenvalue weighted by Gasteiger charge is -2.35. The third-order valence-electron chi connectivity index (χ3n) is 7.29. The molecule has 7 nitrogen and oxygen atoms in total. The Hall–Kier alpha value is -3.07. The number of rotatable bonds is 11. The quantitative estimate of drug-likeness (QED) is 0.293. The first-order valence-electron chi connectivity index (χ1n) is 13.7. The average Bonchev–Trinajstić information content (AvgIpc) is 2.95. The smallest absolute Gasteiger partial charge is 0.244 e. The van der Waals surface area contributed by atoms with Gasteiger partial charge in [-0.15, -0.1) is 0 Å². The molecule has 1 saturated carbocycles. The number of para-hydroxylation sites is 1. The van der Waals surface area contributed by atoms with Crippen LogP contribution in [0.2, 0.25) is 10.0 Å². The zero-order chi connectivity index (χ0) is 29.4. The second-order valence-corrected chi connectivity index (χ2v) is 13.2. The number of nitrogens with one attached hydrogen (secondary N) is 1. The highest BCUT2D eigenvalue weighted by molar-refractivity contribution is 7.92. The summed E-state index contributed by atoms with van der Waals surface area (Å²) >= 11 is 12.5. The normalized spacial score (nSPS) is 14.7. The van der Waals surface area contributed by atoms with Crippen LogP contribution in [0.4, 0.5) is 5.69 Å². The van der Waals surface area contributed by atoms with Crippen LogP contribution >= 0.6 is 23.2 Å². The molecule has 1 aliphatic carbocycles. The predicted molar refractivity (Wildman–Crippen MR) is 165 cm³/mol. The van der Waals surface area contributed by atoms with Gasteiger partial charge in [0, 0.05) is 24.0 Å². The molecule has 10 heteroatoms. The molecule has 1 fully saturated rings. The maximum atomic E-state index is 14.2. The maximum Gasteiger partial charge on any atom is 0.244 e. The van der Waals surface area contributed by atoms with Gasteiger partial charge in [-0.3, -0.25) is 13.9 Å². The van der Waals surface area contributed by atoms with E-state index in [1.165, 1.54) is 4.90 Å². The Morgan fingerprint density at radius 3 is 2.15 bits per heavy atom. The van der Waals surface area contributed by atoms with Gasteiger partial charge in [0.2, 0.25) is 21.8 Å². The Balaban J connectivity index is 1.72. The third-order valence-corrected chi connectivity index (χ3v) is 8.99. The fraction of sp³-hybridized carbons (Fsp3) is 0.355. The minimum atomic E-state index is -3.89. The van der Waals surface area contributed by atoms with E-state index >= 15 is 0 Å². The van der Waals surface area contributed by atoms with Gasteiger partial charge in [-0.25, -0.2) is 8.42 Å². The van der Waals surface area contributed by atoms with Crippen molar-refractivity contribution < 1.29 is 18.0 Å². The first-order chi connectivity index (χ1) is 19.6. The zero-order valence-corrected chi connectivity index (χ0v) is 25.3. The summed E-state index contributed by atoms with van der Waals surface area (Å²) in [4.78, 5) is 29.6. The van der Waals surface area contributed by atoms with Crippen molar-refractivity contribution in [3.63, 3.8) is 0 Å². The lowest BCUT2D eigenvalue weighted by molar-refractivity contribution is -0.140. The highest BCUT2D eigenvalue weighted by atomic mass is 35.5. The van der Waals surface area contributed by atoms with Gasteiger partial charge in [-0.2, -0.15) is 0 Å². The molecule has 0 heterocycles. The Morgan fingerprint density at radius 1 is 0.878 bits per heavy atom. The van der Waals surface area contributed by atoms with Gasteiger partial charge in [-0.05, 0) is 48.2 Å². The van der Waals surface area contributed by atoms with Crippen LogP contribution in [0.15, 0.2) is 78.9 Å². The van der Waals surface area contributed by atoms with E-state index in [2.05, 4.69) is 5.32 Å². The summed E-state index contributed by atoms with van der Waals surface area (Å²) in [5.41, 5.74) is 1.84. The van der Waals surface area contributed by atoms with E-state index in [0.29, 0.717) is 5.02 Å². The molecule has 3 aromatic rings. The van der Waals surface area contributed by atoms with Gasteiger partial charge in [0.1, 0.15) is 12.6 Å². The molecule has 0 saturated heterocycles. The molecule has 0 aromatic heterocycles. The second kappa shape index (κ2) is 14.2. The van der Waals surface area contributed by atoms with Crippen molar-refractivity contribution in [2.24, 2.45) is 0 Å². The van der Waals surface area contributed by atoms with Gasteiger partial charge >= 0.3 is 0 Å². The summed E-state index contributed by atoms with van der Waals surface area (Å²) in [6, 6.07) is 22.2. The van der Waals surface area contributed by atoms with E-state index in [4.69, 9.17) is 23.2 Å². The molecule has 1 N–H and O–H groups in total. The molecular formula is C31H35Cl2N3O4S. The van der Waals surface area contributed by atoms with Crippen LogP contribution in [0, 0.1) is 0 Å². The van der Waals surface area contributed by atoms with Crippen molar-refractivity contribution in [3.05, 3.63) is 100 Å². The number of halogens is 2. The molecule has 41 heavy (non-hydrogen) atoms. The molecule has 0 aliphatic heterocycles. The molecule has 1 aliphatic rings. The lowest BCUT2D eigenvalue weighted by Crippen LogP contribution is -2.55. The third kappa shape index (κ3) is 8.71. The number of hydrogen-bond acceptors (Lipinski definition) is 4. The molecule has 1 unspecified atom stereocenters. The molecule has 2 amide bonds. The average molecular weight is 617 g/mol. The Morgan fingerprint density at radius 2 is 1.51 bits per heavy atom. The summed E-state index contributed by atoms with van der Waals surface area (Å²) < 4.78 is 26.8. The van der Waals surface area contributed by atoms with E-state index in [0.717, 1.165) is 53.8 Å². The largest absolute Gasteiger partial charge is 0.352 e. The lowest BCUT2D eigenvalue weighted by atomic mass is 9.94.